The summed E-state index contributed by atoms with van der Waals surface area (Å²) in [6, 6.07) is 11.9. The lowest BCUT2D eigenvalue weighted by atomic mass is 10.1. The van der Waals surface area contributed by atoms with E-state index in [-0.39, 0.29) is 0 Å². The molecule has 1 atom stereocenters. The first kappa shape index (κ1) is 13.8. The Morgan fingerprint density at radius 1 is 1.19 bits per heavy atom. The van der Waals surface area contributed by atoms with E-state index in [0.717, 1.165) is 29.0 Å². The number of hydrogen-bond acceptors (Lipinski definition) is 3. The highest BCUT2D eigenvalue weighted by Gasteiger charge is 2.15. The first-order valence-corrected chi connectivity index (χ1v) is 7.23. The first-order chi connectivity index (χ1) is 10.2. The molecule has 0 spiro atoms. The van der Waals surface area contributed by atoms with Crippen molar-refractivity contribution in [3.05, 3.63) is 59.7 Å². The average Bonchev–Trinajstić information content (AvgIpc) is 2.84. The molecule has 1 unspecified atom stereocenters. The van der Waals surface area contributed by atoms with Crippen molar-refractivity contribution in [3.63, 3.8) is 0 Å². The standard InChI is InChI=1S/C17H19N3O/c1-3-20-15-7-5-4-6-13(15)19-17(20)10-16(21)14-9-8-12(2)11-18-14/h4-9,11,16,21H,3,10H2,1-2H3. The Hall–Kier alpha value is -2.20. The van der Waals surface area contributed by atoms with Gasteiger partial charge in [-0.05, 0) is 37.6 Å². The van der Waals surface area contributed by atoms with Crippen LogP contribution in [0, 0.1) is 6.92 Å². The van der Waals surface area contributed by atoms with Crippen molar-refractivity contribution in [2.75, 3.05) is 0 Å². The molecule has 0 saturated carbocycles. The van der Waals surface area contributed by atoms with E-state index >= 15 is 0 Å². The minimum Gasteiger partial charge on any atom is -0.386 e. The van der Waals surface area contributed by atoms with Crippen LogP contribution in [-0.4, -0.2) is 19.6 Å². The zero-order chi connectivity index (χ0) is 14.8. The number of pyridine rings is 1. The van der Waals surface area contributed by atoms with Crippen LogP contribution in [0.15, 0.2) is 42.6 Å². The highest BCUT2D eigenvalue weighted by molar-refractivity contribution is 5.75. The third-order valence-electron chi connectivity index (χ3n) is 3.70. The third-order valence-corrected chi connectivity index (χ3v) is 3.70. The molecule has 2 aromatic heterocycles. The molecule has 0 saturated heterocycles. The summed E-state index contributed by atoms with van der Waals surface area (Å²) in [7, 11) is 0. The lowest BCUT2D eigenvalue weighted by molar-refractivity contribution is 0.170. The molecule has 108 valence electrons. The average molecular weight is 281 g/mol. The molecule has 3 aromatic rings. The second-order valence-electron chi connectivity index (χ2n) is 5.24. The van der Waals surface area contributed by atoms with Gasteiger partial charge in [-0.2, -0.15) is 0 Å². The van der Waals surface area contributed by atoms with Crippen LogP contribution in [-0.2, 0) is 13.0 Å². The quantitative estimate of drug-likeness (QED) is 0.799. The van der Waals surface area contributed by atoms with Gasteiger partial charge in [-0.15, -0.1) is 0 Å². The van der Waals surface area contributed by atoms with E-state index in [2.05, 4.69) is 27.5 Å². The van der Waals surface area contributed by atoms with Gasteiger partial charge in [0, 0.05) is 19.2 Å². The lowest BCUT2D eigenvalue weighted by Gasteiger charge is -2.11. The number of aliphatic hydroxyl groups excluding tert-OH is 1. The van der Waals surface area contributed by atoms with Crippen LogP contribution in [0.2, 0.25) is 0 Å². The van der Waals surface area contributed by atoms with Crippen molar-refractivity contribution in [1.82, 2.24) is 14.5 Å². The zero-order valence-electron chi connectivity index (χ0n) is 12.3. The topological polar surface area (TPSA) is 50.9 Å². The van der Waals surface area contributed by atoms with Crippen LogP contribution in [0.25, 0.3) is 11.0 Å². The van der Waals surface area contributed by atoms with Crippen molar-refractivity contribution < 1.29 is 5.11 Å². The number of rotatable bonds is 4. The predicted molar refractivity (Wildman–Crippen MR) is 83.0 cm³/mol. The summed E-state index contributed by atoms with van der Waals surface area (Å²) in [4.78, 5) is 8.94. The summed E-state index contributed by atoms with van der Waals surface area (Å²) in [6.45, 7) is 4.91. The molecular formula is C17H19N3O. The highest BCUT2D eigenvalue weighted by Crippen LogP contribution is 2.21. The molecule has 4 nitrogen and oxygen atoms in total. The number of para-hydroxylation sites is 2. The molecule has 0 fully saturated rings. The molecule has 0 radical (unpaired) electrons. The Morgan fingerprint density at radius 2 is 2.00 bits per heavy atom. The highest BCUT2D eigenvalue weighted by atomic mass is 16.3. The SMILES string of the molecule is CCn1c(CC(O)c2ccc(C)cn2)nc2ccccc21. The van der Waals surface area contributed by atoms with Crippen LogP contribution < -0.4 is 0 Å². The van der Waals surface area contributed by atoms with E-state index in [9.17, 15) is 5.11 Å². The van der Waals surface area contributed by atoms with Crippen molar-refractivity contribution in [2.45, 2.75) is 32.9 Å². The van der Waals surface area contributed by atoms with Crippen molar-refractivity contribution in [1.29, 1.82) is 0 Å². The third kappa shape index (κ3) is 2.67. The van der Waals surface area contributed by atoms with Gasteiger partial charge in [-0.1, -0.05) is 18.2 Å². The number of nitrogens with zero attached hydrogens (tertiary/aromatic N) is 3. The minimum absolute atomic E-state index is 0.471. The van der Waals surface area contributed by atoms with Gasteiger partial charge in [-0.3, -0.25) is 4.98 Å². The minimum atomic E-state index is -0.632. The summed E-state index contributed by atoms with van der Waals surface area (Å²) in [5.41, 5.74) is 3.86. The second-order valence-corrected chi connectivity index (χ2v) is 5.24. The van der Waals surface area contributed by atoms with Gasteiger partial charge in [0.1, 0.15) is 11.9 Å². The van der Waals surface area contributed by atoms with Crippen LogP contribution in [0.5, 0.6) is 0 Å². The fourth-order valence-corrected chi connectivity index (χ4v) is 2.59. The molecule has 1 aromatic carbocycles. The normalized spacial score (nSPS) is 12.7. The number of aliphatic hydroxyl groups is 1. The number of imidazole rings is 1. The Bertz CT molecular complexity index is 746. The van der Waals surface area contributed by atoms with E-state index in [0.29, 0.717) is 12.1 Å². The number of aryl methyl sites for hydroxylation is 2. The molecule has 3 rings (SSSR count). The van der Waals surface area contributed by atoms with Crippen molar-refractivity contribution in [2.24, 2.45) is 0 Å². The van der Waals surface area contributed by atoms with Gasteiger partial charge >= 0.3 is 0 Å². The molecule has 2 heterocycles. The summed E-state index contributed by atoms with van der Waals surface area (Å²) < 4.78 is 2.15. The van der Waals surface area contributed by atoms with Crippen LogP contribution in [0.3, 0.4) is 0 Å². The van der Waals surface area contributed by atoms with Crippen LogP contribution in [0.1, 0.15) is 30.1 Å². The van der Waals surface area contributed by atoms with Crippen LogP contribution in [0.4, 0.5) is 0 Å². The van der Waals surface area contributed by atoms with E-state index < -0.39 is 6.10 Å². The summed E-state index contributed by atoms with van der Waals surface area (Å²) in [5, 5.41) is 10.4. The Morgan fingerprint density at radius 3 is 2.71 bits per heavy atom. The Labute approximate surface area is 124 Å². The van der Waals surface area contributed by atoms with Gasteiger partial charge in [-0.25, -0.2) is 4.98 Å². The Kier molecular flexibility index (Phi) is 3.71. The van der Waals surface area contributed by atoms with Gasteiger partial charge in [0.15, 0.2) is 0 Å². The number of fused-ring (bicyclic) bond motifs is 1. The second kappa shape index (κ2) is 5.66. The smallest absolute Gasteiger partial charge is 0.112 e. The molecule has 0 amide bonds. The number of aromatic nitrogens is 3. The molecule has 0 aliphatic rings. The maximum absolute atomic E-state index is 10.4. The van der Waals surface area contributed by atoms with E-state index in [1.54, 1.807) is 6.20 Å². The molecule has 1 N–H and O–H groups in total. The van der Waals surface area contributed by atoms with Gasteiger partial charge in [0.2, 0.25) is 0 Å². The Balaban J connectivity index is 1.92. The molecule has 0 aliphatic heterocycles. The maximum atomic E-state index is 10.4. The molecule has 0 aliphatic carbocycles. The first-order valence-electron chi connectivity index (χ1n) is 7.23. The van der Waals surface area contributed by atoms with Crippen molar-refractivity contribution in [3.8, 4) is 0 Å². The zero-order valence-corrected chi connectivity index (χ0v) is 12.3. The van der Waals surface area contributed by atoms with Crippen LogP contribution >= 0.6 is 0 Å². The molecular weight excluding hydrogens is 262 g/mol. The summed E-state index contributed by atoms with van der Waals surface area (Å²) in [5.74, 6) is 0.897. The fraction of sp³-hybridized carbons (Fsp3) is 0.294. The monoisotopic (exact) mass is 281 g/mol. The van der Waals surface area contributed by atoms with E-state index in [1.165, 1.54) is 0 Å². The van der Waals surface area contributed by atoms with E-state index in [1.807, 2.05) is 37.3 Å². The lowest BCUT2D eigenvalue weighted by Crippen LogP contribution is -2.09. The number of hydrogen-bond donors (Lipinski definition) is 1. The largest absolute Gasteiger partial charge is 0.386 e. The molecule has 4 heteroatoms. The van der Waals surface area contributed by atoms with Crippen molar-refractivity contribution >= 4 is 11.0 Å². The summed E-state index contributed by atoms with van der Waals surface area (Å²) in [6.07, 6.45) is 1.62. The van der Waals surface area contributed by atoms with Gasteiger partial charge < -0.3 is 9.67 Å². The fourth-order valence-electron chi connectivity index (χ4n) is 2.59. The molecule has 21 heavy (non-hydrogen) atoms. The maximum Gasteiger partial charge on any atom is 0.112 e. The summed E-state index contributed by atoms with van der Waals surface area (Å²) >= 11 is 0. The van der Waals surface area contributed by atoms with Gasteiger partial charge in [0.25, 0.3) is 0 Å². The van der Waals surface area contributed by atoms with Gasteiger partial charge in [0.05, 0.1) is 16.7 Å². The predicted octanol–water partition coefficient (Wildman–Crippen LogP) is 3.04. The molecule has 0 bridgehead atoms. The number of benzene rings is 1. The van der Waals surface area contributed by atoms with E-state index in [4.69, 9.17) is 0 Å².